The lowest BCUT2D eigenvalue weighted by molar-refractivity contribution is -0.138. The van der Waals surface area contributed by atoms with Crippen molar-refractivity contribution in [3.8, 4) is 0 Å². The van der Waals surface area contributed by atoms with Gasteiger partial charge >= 0.3 is 0 Å². The molecular formula is C19H28FNO3. The van der Waals surface area contributed by atoms with Crippen molar-refractivity contribution < 1.29 is 19.4 Å². The molecule has 0 unspecified atom stereocenters. The predicted octanol–water partition coefficient (Wildman–Crippen LogP) is 3.18. The standard InChI is InChI=1S/C19H28FNO3/c1-3-8-19(24,9-4-2)12-18(23)21-13-16(22)11-17(21)14-6-5-7-15(20)10-14/h5-7,10,16-17,22,24H,3-4,8-9,11-13H2,1-2H3/t16-,17-/m0/s1. The number of amides is 1. The summed E-state index contributed by atoms with van der Waals surface area (Å²) in [6.45, 7) is 4.20. The van der Waals surface area contributed by atoms with Crippen molar-refractivity contribution in [3.63, 3.8) is 0 Å². The number of hydrogen-bond donors (Lipinski definition) is 2. The number of β-amino-alcohol motifs (C(OH)–C–C–N with tert-alkyl or cyclic N) is 1. The van der Waals surface area contributed by atoms with Crippen LogP contribution in [-0.2, 0) is 4.79 Å². The lowest BCUT2D eigenvalue weighted by Gasteiger charge is -2.31. The van der Waals surface area contributed by atoms with Gasteiger partial charge in [0, 0.05) is 6.54 Å². The van der Waals surface area contributed by atoms with Crippen molar-refractivity contribution in [1.82, 2.24) is 4.90 Å². The average molecular weight is 337 g/mol. The lowest BCUT2D eigenvalue weighted by atomic mass is 9.88. The lowest BCUT2D eigenvalue weighted by Crippen LogP contribution is -2.39. The summed E-state index contributed by atoms with van der Waals surface area (Å²) in [7, 11) is 0. The molecule has 1 aromatic rings. The molecule has 4 nitrogen and oxygen atoms in total. The van der Waals surface area contributed by atoms with Crippen LogP contribution in [0.5, 0.6) is 0 Å². The molecule has 2 rings (SSSR count). The third-order valence-electron chi connectivity index (χ3n) is 4.74. The Labute approximate surface area is 143 Å². The number of aliphatic hydroxyl groups excluding tert-OH is 1. The van der Waals surface area contributed by atoms with E-state index < -0.39 is 11.7 Å². The third-order valence-corrected chi connectivity index (χ3v) is 4.74. The van der Waals surface area contributed by atoms with Crippen molar-refractivity contribution in [2.24, 2.45) is 0 Å². The molecule has 0 bridgehead atoms. The van der Waals surface area contributed by atoms with Gasteiger partial charge in [0.2, 0.25) is 5.91 Å². The van der Waals surface area contributed by atoms with Gasteiger partial charge < -0.3 is 15.1 Å². The zero-order chi connectivity index (χ0) is 17.7. The summed E-state index contributed by atoms with van der Waals surface area (Å²) < 4.78 is 13.5. The van der Waals surface area contributed by atoms with Gasteiger partial charge in [-0.2, -0.15) is 0 Å². The minimum absolute atomic E-state index is 0.0488. The number of halogens is 1. The smallest absolute Gasteiger partial charge is 0.226 e. The van der Waals surface area contributed by atoms with E-state index in [1.165, 1.54) is 12.1 Å². The summed E-state index contributed by atoms with van der Waals surface area (Å²) in [6.07, 6.45) is 2.59. The summed E-state index contributed by atoms with van der Waals surface area (Å²) in [5.74, 6) is -0.528. The SMILES string of the molecule is CCCC(O)(CCC)CC(=O)N1C[C@@H](O)C[C@H]1c1cccc(F)c1. The van der Waals surface area contributed by atoms with Gasteiger partial charge in [-0.25, -0.2) is 4.39 Å². The normalized spacial score (nSPS) is 21.3. The summed E-state index contributed by atoms with van der Waals surface area (Å²) >= 11 is 0. The quantitative estimate of drug-likeness (QED) is 0.803. The number of benzene rings is 1. The monoisotopic (exact) mass is 337 g/mol. The molecule has 1 aliphatic rings. The number of hydrogen-bond acceptors (Lipinski definition) is 3. The van der Waals surface area contributed by atoms with Crippen LogP contribution in [0.3, 0.4) is 0 Å². The van der Waals surface area contributed by atoms with Gasteiger partial charge in [-0.05, 0) is 37.0 Å². The van der Waals surface area contributed by atoms with Gasteiger partial charge in [-0.1, -0.05) is 38.8 Å². The van der Waals surface area contributed by atoms with E-state index in [1.54, 1.807) is 17.0 Å². The highest BCUT2D eigenvalue weighted by Crippen LogP contribution is 2.35. The molecule has 1 heterocycles. The fraction of sp³-hybridized carbons (Fsp3) is 0.632. The summed E-state index contributed by atoms with van der Waals surface area (Å²) in [6, 6.07) is 5.82. The first-order valence-electron chi connectivity index (χ1n) is 8.84. The van der Waals surface area contributed by atoms with Gasteiger partial charge in [-0.15, -0.1) is 0 Å². The molecule has 24 heavy (non-hydrogen) atoms. The fourth-order valence-electron chi connectivity index (χ4n) is 3.73. The van der Waals surface area contributed by atoms with E-state index in [2.05, 4.69) is 0 Å². The molecule has 2 N–H and O–H groups in total. The second-order valence-corrected chi connectivity index (χ2v) is 6.91. The van der Waals surface area contributed by atoms with Crippen LogP contribution in [0.2, 0.25) is 0 Å². The van der Waals surface area contributed by atoms with Crippen molar-refractivity contribution in [3.05, 3.63) is 35.6 Å². The van der Waals surface area contributed by atoms with Crippen molar-refractivity contribution in [1.29, 1.82) is 0 Å². The van der Waals surface area contributed by atoms with Gasteiger partial charge in [0.05, 0.1) is 24.2 Å². The number of carbonyl (C=O) groups excluding carboxylic acids is 1. The molecule has 0 spiro atoms. The molecule has 1 fully saturated rings. The summed E-state index contributed by atoms with van der Waals surface area (Å²) in [5, 5.41) is 20.7. The van der Waals surface area contributed by atoms with Crippen LogP contribution in [-0.4, -0.2) is 39.3 Å². The molecular weight excluding hydrogens is 309 g/mol. The third kappa shape index (κ3) is 4.54. The Morgan fingerprint density at radius 3 is 2.58 bits per heavy atom. The average Bonchev–Trinajstić information content (AvgIpc) is 2.89. The van der Waals surface area contributed by atoms with E-state index in [4.69, 9.17) is 0 Å². The highest BCUT2D eigenvalue weighted by atomic mass is 19.1. The second-order valence-electron chi connectivity index (χ2n) is 6.91. The maximum atomic E-state index is 13.5. The van der Waals surface area contributed by atoms with Crippen molar-refractivity contribution >= 4 is 5.91 Å². The molecule has 0 radical (unpaired) electrons. The molecule has 0 aromatic heterocycles. The second kappa shape index (κ2) is 8.08. The Balaban J connectivity index is 2.16. The fourth-order valence-corrected chi connectivity index (χ4v) is 3.73. The van der Waals surface area contributed by atoms with Crippen LogP contribution in [0.1, 0.15) is 64.0 Å². The molecule has 0 saturated carbocycles. The summed E-state index contributed by atoms with van der Waals surface area (Å²) in [5.41, 5.74) is -0.310. The van der Waals surface area contributed by atoms with E-state index in [-0.39, 0.29) is 30.7 Å². The van der Waals surface area contributed by atoms with Crippen LogP contribution in [0.15, 0.2) is 24.3 Å². The van der Waals surface area contributed by atoms with Gasteiger partial charge in [0.25, 0.3) is 0 Å². The maximum absolute atomic E-state index is 13.5. The molecule has 1 amide bonds. The Bertz CT molecular complexity index is 557. The molecule has 1 aromatic carbocycles. The van der Waals surface area contributed by atoms with Crippen LogP contribution >= 0.6 is 0 Å². The number of likely N-dealkylation sites (tertiary alicyclic amines) is 1. The first-order chi connectivity index (χ1) is 11.4. The number of aliphatic hydroxyl groups is 2. The largest absolute Gasteiger partial charge is 0.391 e. The van der Waals surface area contributed by atoms with Crippen LogP contribution < -0.4 is 0 Å². The topological polar surface area (TPSA) is 60.8 Å². The minimum atomic E-state index is -0.999. The van der Waals surface area contributed by atoms with Gasteiger partial charge in [0.1, 0.15) is 5.82 Å². The maximum Gasteiger partial charge on any atom is 0.226 e. The van der Waals surface area contributed by atoms with E-state index in [9.17, 15) is 19.4 Å². The minimum Gasteiger partial charge on any atom is -0.391 e. The molecule has 0 aliphatic carbocycles. The van der Waals surface area contributed by atoms with Crippen LogP contribution in [0, 0.1) is 5.82 Å². The van der Waals surface area contributed by atoms with Crippen molar-refractivity contribution in [2.45, 2.75) is 70.1 Å². The Morgan fingerprint density at radius 1 is 1.33 bits per heavy atom. The van der Waals surface area contributed by atoms with E-state index in [0.29, 0.717) is 24.8 Å². The molecule has 134 valence electrons. The molecule has 5 heteroatoms. The zero-order valence-electron chi connectivity index (χ0n) is 14.5. The number of carbonyl (C=O) groups is 1. The Hall–Kier alpha value is -1.46. The number of nitrogens with zero attached hydrogens (tertiary/aromatic N) is 1. The van der Waals surface area contributed by atoms with E-state index in [1.807, 2.05) is 13.8 Å². The van der Waals surface area contributed by atoms with Crippen molar-refractivity contribution in [2.75, 3.05) is 6.54 Å². The first-order valence-corrected chi connectivity index (χ1v) is 8.84. The zero-order valence-corrected chi connectivity index (χ0v) is 14.5. The van der Waals surface area contributed by atoms with E-state index >= 15 is 0 Å². The van der Waals surface area contributed by atoms with Gasteiger partial charge in [0.15, 0.2) is 0 Å². The van der Waals surface area contributed by atoms with Gasteiger partial charge in [-0.3, -0.25) is 4.79 Å². The molecule has 1 saturated heterocycles. The van der Waals surface area contributed by atoms with E-state index in [0.717, 1.165) is 12.8 Å². The highest BCUT2D eigenvalue weighted by Gasteiger charge is 2.38. The predicted molar refractivity (Wildman–Crippen MR) is 90.9 cm³/mol. The van der Waals surface area contributed by atoms with Crippen LogP contribution in [0.25, 0.3) is 0 Å². The molecule has 1 aliphatic heterocycles. The van der Waals surface area contributed by atoms with Crippen LogP contribution in [0.4, 0.5) is 4.39 Å². The summed E-state index contributed by atoms with van der Waals surface area (Å²) in [4.78, 5) is 14.4. The number of rotatable bonds is 7. The Kier molecular flexibility index (Phi) is 6.35. The highest BCUT2D eigenvalue weighted by molar-refractivity contribution is 5.78. The Morgan fingerprint density at radius 2 is 2.00 bits per heavy atom. The first kappa shape index (κ1) is 18.9. The molecule has 2 atom stereocenters.